The monoisotopic (exact) mass is 272 g/mol. The molecule has 2 rings (SSSR count). The second-order valence-corrected chi connectivity index (χ2v) is 4.48. The van der Waals surface area contributed by atoms with Gasteiger partial charge in [0.1, 0.15) is 0 Å². The molecule has 1 aromatic rings. The Morgan fingerprint density at radius 1 is 1.73 bits per heavy atom. The topological polar surface area (TPSA) is 45.5 Å². The summed E-state index contributed by atoms with van der Waals surface area (Å²) in [5, 5.41) is 3.17. The summed E-state index contributed by atoms with van der Waals surface area (Å²) in [5.74, 6) is 0.358. The van der Waals surface area contributed by atoms with E-state index in [9.17, 15) is 4.79 Å². The fourth-order valence-corrected chi connectivity index (χ4v) is 2.14. The Balaban J connectivity index is 2.07. The van der Waals surface area contributed by atoms with Crippen LogP contribution in [0, 0.1) is 0 Å². The quantitative estimate of drug-likeness (QED) is 0.887. The molecule has 0 radical (unpaired) electrons. The van der Waals surface area contributed by atoms with Crippen LogP contribution in [0.1, 0.15) is 17.0 Å². The highest BCUT2D eigenvalue weighted by Crippen LogP contribution is 2.21. The zero-order valence-corrected chi connectivity index (χ0v) is 10.1. The average molecular weight is 273 g/mol. The first kappa shape index (κ1) is 10.7. The van der Waals surface area contributed by atoms with Crippen molar-refractivity contribution in [3.63, 3.8) is 0 Å². The number of nitrogens with one attached hydrogen (secondary N) is 1. The summed E-state index contributed by atoms with van der Waals surface area (Å²) < 4.78 is 5.87. The van der Waals surface area contributed by atoms with E-state index in [1.54, 1.807) is 6.07 Å². The summed E-state index contributed by atoms with van der Waals surface area (Å²) in [6.07, 6.45) is 2.52. The highest BCUT2D eigenvalue weighted by molar-refractivity contribution is 9.10. The summed E-state index contributed by atoms with van der Waals surface area (Å²) in [6.45, 7) is 1.54. The molecule has 1 unspecified atom stereocenters. The van der Waals surface area contributed by atoms with Crippen molar-refractivity contribution in [1.29, 1.82) is 0 Å². The molecule has 1 atom stereocenters. The molecule has 1 N–H and O–H groups in total. The van der Waals surface area contributed by atoms with E-state index in [2.05, 4.69) is 21.2 Å². The molecule has 82 valence electrons. The Morgan fingerprint density at radius 2 is 2.53 bits per heavy atom. The molecule has 1 amide bonds. The van der Waals surface area contributed by atoms with Gasteiger partial charge in [-0.15, -0.1) is 0 Å². The lowest BCUT2D eigenvalue weighted by Gasteiger charge is -2.14. The van der Waals surface area contributed by atoms with Crippen LogP contribution < -0.4 is 5.32 Å². The summed E-state index contributed by atoms with van der Waals surface area (Å²) in [5.41, 5.74) is 0. The maximum absolute atomic E-state index is 12.0. The van der Waals surface area contributed by atoms with Crippen molar-refractivity contribution in [2.45, 2.75) is 12.5 Å². The Bertz CT molecular complexity index is 364. The normalized spacial score (nSPS) is 20.9. The number of hydrogen-bond donors (Lipinski definition) is 1. The number of hydrogen-bond acceptors (Lipinski definition) is 3. The van der Waals surface area contributed by atoms with E-state index >= 15 is 0 Å². The van der Waals surface area contributed by atoms with E-state index in [1.165, 1.54) is 6.26 Å². The molecule has 1 saturated heterocycles. The number of likely N-dealkylation sites (N-methyl/N-ethyl adjacent to an activating group) is 1. The third kappa shape index (κ3) is 2.08. The number of amides is 1. The fourth-order valence-electron chi connectivity index (χ4n) is 1.77. The number of likely N-dealkylation sites (tertiary alicyclic amines) is 1. The zero-order chi connectivity index (χ0) is 10.8. The van der Waals surface area contributed by atoms with E-state index in [0.29, 0.717) is 11.8 Å². The van der Waals surface area contributed by atoms with Gasteiger partial charge in [-0.3, -0.25) is 4.79 Å². The van der Waals surface area contributed by atoms with Crippen LogP contribution in [0.2, 0.25) is 0 Å². The third-order valence-corrected chi connectivity index (χ3v) is 3.32. The van der Waals surface area contributed by atoms with Crippen LogP contribution in [-0.2, 0) is 0 Å². The van der Waals surface area contributed by atoms with Gasteiger partial charge in [-0.05, 0) is 35.5 Å². The summed E-state index contributed by atoms with van der Waals surface area (Å²) >= 11 is 3.29. The van der Waals surface area contributed by atoms with Crippen LogP contribution in [0.4, 0.5) is 0 Å². The predicted molar refractivity (Wildman–Crippen MR) is 59.8 cm³/mol. The highest BCUT2D eigenvalue weighted by atomic mass is 79.9. The van der Waals surface area contributed by atoms with Crippen LogP contribution in [0.3, 0.4) is 0 Å². The van der Waals surface area contributed by atoms with Gasteiger partial charge in [-0.25, -0.2) is 0 Å². The van der Waals surface area contributed by atoms with Crippen LogP contribution in [0.5, 0.6) is 0 Å². The molecule has 0 saturated carbocycles. The standard InChI is InChI=1S/C10H13BrN2O2/c1-12-7-2-4-13(6-7)10(14)9-8(11)3-5-15-9/h3,5,7,12H,2,4,6H2,1H3. The van der Waals surface area contributed by atoms with Crippen molar-refractivity contribution in [2.75, 3.05) is 20.1 Å². The van der Waals surface area contributed by atoms with Gasteiger partial charge in [0, 0.05) is 19.1 Å². The van der Waals surface area contributed by atoms with Gasteiger partial charge in [0.2, 0.25) is 5.76 Å². The van der Waals surface area contributed by atoms with Crippen molar-refractivity contribution >= 4 is 21.8 Å². The molecule has 0 spiro atoms. The molecular weight excluding hydrogens is 260 g/mol. The fraction of sp³-hybridized carbons (Fsp3) is 0.500. The lowest BCUT2D eigenvalue weighted by Crippen LogP contribution is -2.33. The van der Waals surface area contributed by atoms with Crippen molar-refractivity contribution < 1.29 is 9.21 Å². The third-order valence-electron chi connectivity index (χ3n) is 2.70. The summed E-state index contributed by atoms with van der Waals surface area (Å²) in [4.78, 5) is 13.8. The molecule has 1 aromatic heterocycles. The van der Waals surface area contributed by atoms with Crippen molar-refractivity contribution in [3.8, 4) is 0 Å². The first-order valence-electron chi connectivity index (χ1n) is 4.92. The lowest BCUT2D eigenvalue weighted by atomic mass is 10.3. The molecule has 1 aliphatic rings. The number of furan rings is 1. The second kappa shape index (κ2) is 4.37. The Labute approximate surface area is 96.7 Å². The van der Waals surface area contributed by atoms with E-state index in [1.807, 2.05) is 11.9 Å². The Morgan fingerprint density at radius 3 is 3.07 bits per heavy atom. The van der Waals surface area contributed by atoms with Crippen molar-refractivity contribution in [3.05, 3.63) is 22.6 Å². The van der Waals surface area contributed by atoms with Gasteiger partial charge in [0.25, 0.3) is 5.91 Å². The molecule has 0 aromatic carbocycles. The van der Waals surface area contributed by atoms with Crippen LogP contribution >= 0.6 is 15.9 Å². The first-order chi connectivity index (χ1) is 7.22. The van der Waals surface area contributed by atoms with Gasteiger partial charge < -0.3 is 14.6 Å². The Kier molecular flexibility index (Phi) is 3.11. The first-order valence-corrected chi connectivity index (χ1v) is 5.71. The van der Waals surface area contributed by atoms with Crippen LogP contribution in [-0.4, -0.2) is 37.0 Å². The minimum atomic E-state index is -0.0374. The largest absolute Gasteiger partial charge is 0.458 e. The van der Waals surface area contributed by atoms with Gasteiger partial charge >= 0.3 is 0 Å². The second-order valence-electron chi connectivity index (χ2n) is 3.62. The van der Waals surface area contributed by atoms with E-state index < -0.39 is 0 Å². The zero-order valence-electron chi connectivity index (χ0n) is 8.50. The number of nitrogens with zero attached hydrogens (tertiary/aromatic N) is 1. The molecular formula is C10H13BrN2O2. The van der Waals surface area contributed by atoms with Gasteiger partial charge in [-0.1, -0.05) is 0 Å². The molecule has 15 heavy (non-hydrogen) atoms. The van der Waals surface area contributed by atoms with E-state index in [-0.39, 0.29) is 5.91 Å². The number of carbonyl (C=O) groups is 1. The number of rotatable bonds is 2. The molecule has 2 heterocycles. The van der Waals surface area contributed by atoms with Gasteiger partial charge in [-0.2, -0.15) is 0 Å². The Hall–Kier alpha value is -0.810. The molecule has 1 fully saturated rings. The minimum absolute atomic E-state index is 0.0374. The van der Waals surface area contributed by atoms with E-state index in [4.69, 9.17) is 4.42 Å². The summed E-state index contributed by atoms with van der Waals surface area (Å²) in [6, 6.07) is 2.14. The molecule has 4 nitrogen and oxygen atoms in total. The SMILES string of the molecule is CNC1CCN(C(=O)c2occc2Br)C1. The maximum Gasteiger partial charge on any atom is 0.290 e. The minimum Gasteiger partial charge on any atom is -0.458 e. The summed E-state index contributed by atoms with van der Waals surface area (Å²) in [7, 11) is 1.92. The average Bonchev–Trinajstić information content (AvgIpc) is 2.84. The molecule has 0 aliphatic carbocycles. The lowest BCUT2D eigenvalue weighted by molar-refractivity contribution is 0.0757. The van der Waals surface area contributed by atoms with Gasteiger partial charge in [0.05, 0.1) is 10.7 Å². The molecule has 1 aliphatic heterocycles. The highest BCUT2D eigenvalue weighted by Gasteiger charge is 2.28. The van der Waals surface area contributed by atoms with Crippen LogP contribution in [0.25, 0.3) is 0 Å². The molecule has 5 heteroatoms. The van der Waals surface area contributed by atoms with Crippen molar-refractivity contribution in [1.82, 2.24) is 10.2 Å². The van der Waals surface area contributed by atoms with Crippen LogP contribution in [0.15, 0.2) is 21.2 Å². The van der Waals surface area contributed by atoms with E-state index in [0.717, 1.165) is 24.0 Å². The molecule has 0 bridgehead atoms. The van der Waals surface area contributed by atoms with Crippen molar-refractivity contribution in [2.24, 2.45) is 0 Å². The smallest absolute Gasteiger partial charge is 0.290 e. The van der Waals surface area contributed by atoms with Gasteiger partial charge in [0.15, 0.2) is 0 Å². The maximum atomic E-state index is 12.0. The number of carbonyl (C=O) groups excluding carboxylic acids is 1. The number of halogens is 1. The predicted octanol–water partition coefficient (Wildman–Crippen LogP) is 1.48.